The van der Waals surface area contributed by atoms with Gasteiger partial charge in [-0.3, -0.25) is 0 Å². The van der Waals surface area contributed by atoms with Crippen LogP contribution >= 0.6 is 22.7 Å². The van der Waals surface area contributed by atoms with Gasteiger partial charge in [0.1, 0.15) is 0 Å². The minimum absolute atomic E-state index is 1.23. The molecule has 2 heteroatoms. The highest BCUT2D eigenvalue weighted by Gasteiger charge is 2.15. The van der Waals surface area contributed by atoms with E-state index in [-0.39, 0.29) is 0 Å². The molecule has 0 saturated heterocycles. The van der Waals surface area contributed by atoms with Crippen LogP contribution in [0.5, 0.6) is 0 Å². The normalized spacial score (nSPS) is 12.0. The molecule has 11 aromatic rings. The van der Waals surface area contributed by atoms with Gasteiger partial charge in [-0.05, 0) is 107 Å². The molecule has 0 bridgehead atoms. The highest BCUT2D eigenvalue weighted by molar-refractivity contribution is 7.36. The summed E-state index contributed by atoms with van der Waals surface area (Å²) in [5.74, 6) is 0. The van der Waals surface area contributed by atoms with Crippen molar-refractivity contribution in [2.75, 3.05) is 0 Å². The Morgan fingerprint density at radius 3 is 1.50 bits per heavy atom. The van der Waals surface area contributed by atoms with E-state index in [1.54, 1.807) is 0 Å². The van der Waals surface area contributed by atoms with Crippen molar-refractivity contribution in [3.8, 4) is 33.4 Å². The molecule has 0 unspecified atom stereocenters. The molecule has 2 heterocycles. The molecule has 2 aromatic heterocycles. The van der Waals surface area contributed by atoms with Crippen LogP contribution in [0.2, 0.25) is 0 Å². The van der Waals surface area contributed by atoms with E-state index >= 15 is 0 Å². The molecule has 0 fully saturated rings. The first kappa shape index (κ1) is 28.1. The summed E-state index contributed by atoms with van der Waals surface area (Å²) in [4.78, 5) is 0. The molecule has 232 valence electrons. The Labute approximate surface area is 297 Å². The molecule has 11 rings (SSSR count). The standard InChI is InChI=1S/C48H28S2/c1-2-10-33-27-45-43(25-32(33)9-1)47-48(49-45)44-26-35-21-20-34(24-36(35)28-46(44)50-47)29-16-18-31(19-17-29)38-22-23-42(41-14-6-5-13-39(38)41)40-15-7-11-30-8-3-4-12-37(30)40/h1-28H. The minimum Gasteiger partial charge on any atom is -0.134 e. The van der Waals surface area contributed by atoms with Crippen LogP contribution in [0.3, 0.4) is 0 Å². The lowest BCUT2D eigenvalue weighted by molar-refractivity contribution is 1.62. The van der Waals surface area contributed by atoms with Gasteiger partial charge in [-0.15, -0.1) is 22.7 Å². The van der Waals surface area contributed by atoms with Gasteiger partial charge in [-0.1, -0.05) is 140 Å². The Balaban J connectivity index is 0.970. The molecule has 9 aromatic carbocycles. The van der Waals surface area contributed by atoms with Crippen LogP contribution in [0, 0.1) is 0 Å². The third-order valence-corrected chi connectivity index (χ3v) is 12.9. The lowest BCUT2D eigenvalue weighted by atomic mass is 9.89. The lowest BCUT2D eigenvalue weighted by Crippen LogP contribution is -1.88. The van der Waals surface area contributed by atoms with Gasteiger partial charge in [0.15, 0.2) is 0 Å². The zero-order valence-corrected chi connectivity index (χ0v) is 28.6. The van der Waals surface area contributed by atoms with Crippen molar-refractivity contribution < 1.29 is 0 Å². The quantitative estimate of drug-likeness (QED) is 0.176. The van der Waals surface area contributed by atoms with Crippen molar-refractivity contribution in [1.82, 2.24) is 0 Å². The molecule has 0 atom stereocenters. The van der Waals surface area contributed by atoms with Gasteiger partial charge in [-0.25, -0.2) is 0 Å². The third-order valence-electron chi connectivity index (χ3n) is 10.4. The maximum Gasteiger partial charge on any atom is 0.0542 e. The maximum atomic E-state index is 2.40. The lowest BCUT2D eigenvalue weighted by Gasteiger charge is -2.14. The number of hydrogen-bond donors (Lipinski definition) is 0. The predicted molar refractivity (Wildman–Crippen MR) is 221 cm³/mol. The number of hydrogen-bond acceptors (Lipinski definition) is 2. The van der Waals surface area contributed by atoms with E-state index in [4.69, 9.17) is 0 Å². The fourth-order valence-electron chi connectivity index (χ4n) is 7.95. The highest BCUT2D eigenvalue weighted by Crippen LogP contribution is 2.46. The summed E-state index contributed by atoms with van der Waals surface area (Å²) >= 11 is 3.87. The molecule has 0 spiro atoms. The van der Waals surface area contributed by atoms with Gasteiger partial charge in [0.05, 0.1) is 9.40 Å². The van der Waals surface area contributed by atoms with Gasteiger partial charge < -0.3 is 0 Å². The Hall–Kier alpha value is -5.80. The Bertz CT molecular complexity index is 3130. The van der Waals surface area contributed by atoms with Gasteiger partial charge >= 0.3 is 0 Å². The van der Waals surface area contributed by atoms with Gasteiger partial charge in [0.2, 0.25) is 0 Å². The zero-order chi connectivity index (χ0) is 32.8. The zero-order valence-electron chi connectivity index (χ0n) is 27.0. The summed E-state index contributed by atoms with van der Waals surface area (Å²) in [5.41, 5.74) is 7.52. The summed E-state index contributed by atoms with van der Waals surface area (Å²) in [7, 11) is 0. The summed E-state index contributed by atoms with van der Waals surface area (Å²) in [6, 6.07) is 63.0. The molecule has 50 heavy (non-hydrogen) atoms. The van der Waals surface area contributed by atoms with Crippen LogP contribution < -0.4 is 0 Å². The molecule has 0 saturated carbocycles. The Morgan fingerprint density at radius 1 is 0.260 bits per heavy atom. The van der Waals surface area contributed by atoms with Crippen LogP contribution in [0.4, 0.5) is 0 Å². The molecule has 0 nitrogen and oxygen atoms in total. The summed E-state index contributed by atoms with van der Waals surface area (Å²) in [6.45, 7) is 0. The van der Waals surface area contributed by atoms with Crippen molar-refractivity contribution in [3.05, 3.63) is 170 Å². The maximum absolute atomic E-state index is 2.40. The van der Waals surface area contributed by atoms with Gasteiger partial charge in [0, 0.05) is 20.2 Å². The first-order valence-corrected chi connectivity index (χ1v) is 18.7. The average molecular weight is 669 g/mol. The second-order valence-electron chi connectivity index (χ2n) is 13.3. The summed E-state index contributed by atoms with van der Waals surface area (Å²) < 4.78 is 5.56. The summed E-state index contributed by atoms with van der Waals surface area (Å²) in [6.07, 6.45) is 0. The van der Waals surface area contributed by atoms with E-state index in [9.17, 15) is 0 Å². The largest absolute Gasteiger partial charge is 0.134 e. The van der Waals surface area contributed by atoms with Crippen LogP contribution in [0.1, 0.15) is 0 Å². The minimum atomic E-state index is 1.23. The van der Waals surface area contributed by atoms with E-state index < -0.39 is 0 Å². The number of rotatable bonds is 3. The van der Waals surface area contributed by atoms with E-state index in [1.807, 2.05) is 22.7 Å². The fraction of sp³-hybridized carbons (Fsp3) is 0. The van der Waals surface area contributed by atoms with Crippen molar-refractivity contribution >= 4 is 95.3 Å². The predicted octanol–water partition coefficient (Wildman–Crippen LogP) is 14.9. The first-order valence-electron chi connectivity index (χ1n) is 17.1. The van der Waals surface area contributed by atoms with Crippen molar-refractivity contribution in [2.45, 2.75) is 0 Å². The number of thiophene rings is 2. The van der Waals surface area contributed by atoms with Crippen molar-refractivity contribution in [3.63, 3.8) is 0 Å². The highest BCUT2D eigenvalue weighted by atomic mass is 32.1. The molecular weight excluding hydrogens is 641 g/mol. The van der Waals surface area contributed by atoms with E-state index in [0.29, 0.717) is 0 Å². The van der Waals surface area contributed by atoms with Crippen LogP contribution in [-0.4, -0.2) is 0 Å². The Kier molecular flexibility index (Phi) is 6.09. The molecule has 0 N–H and O–H groups in total. The topological polar surface area (TPSA) is 0 Å². The number of benzene rings is 9. The number of fused-ring (bicyclic) bond motifs is 9. The SMILES string of the molecule is c1ccc2cc3c(cc2c1)sc1c2cc4ccc(-c5ccc(-c6ccc(-c7cccc8ccccc78)c7ccccc67)cc5)cc4cc2sc31. The third kappa shape index (κ3) is 4.29. The van der Waals surface area contributed by atoms with Crippen molar-refractivity contribution in [2.24, 2.45) is 0 Å². The van der Waals surface area contributed by atoms with Gasteiger partial charge in [-0.2, -0.15) is 0 Å². The molecule has 0 amide bonds. The van der Waals surface area contributed by atoms with Crippen molar-refractivity contribution in [1.29, 1.82) is 0 Å². The second-order valence-corrected chi connectivity index (χ2v) is 15.4. The first-order chi connectivity index (χ1) is 24.7. The van der Waals surface area contributed by atoms with Crippen LogP contribution in [-0.2, 0) is 0 Å². The molecule has 0 aliphatic carbocycles. The average Bonchev–Trinajstić information content (AvgIpc) is 3.70. The van der Waals surface area contributed by atoms with Crippen LogP contribution in [0.25, 0.3) is 106 Å². The van der Waals surface area contributed by atoms with Gasteiger partial charge in [0.25, 0.3) is 0 Å². The smallest absolute Gasteiger partial charge is 0.0542 e. The van der Waals surface area contributed by atoms with Crippen LogP contribution in [0.15, 0.2) is 170 Å². The molecular formula is C48H28S2. The van der Waals surface area contributed by atoms with E-state index in [0.717, 1.165) is 0 Å². The monoisotopic (exact) mass is 668 g/mol. The Morgan fingerprint density at radius 2 is 0.760 bits per heavy atom. The fourth-order valence-corrected chi connectivity index (χ4v) is 10.7. The molecule has 0 aliphatic rings. The summed E-state index contributed by atoms with van der Waals surface area (Å²) in [5, 5.41) is 13.1. The molecule has 0 aliphatic heterocycles. The second kappa shape index (κ2) is 10.9. The van der Waals surface area contributed by atoms with E-state index in [2.05, 4.69) is 170 Å². The molecule has 0 radical (unpaired) electrons. The van der Waals surface area contributed by atoms with E-state index in [1.165, 1.54) is 106 Å².